The third kappa shape index (κ3) is 4.97. The molecule has 98 valence electrons. The van der Waals surface area contributed by atoms with Gasteiger partial charge >= 0.3 is 0 Å². The van der Waals surface area contributed by atoms with E-state index in [9.17, 15) is 9.59 Å². The van der Waals surface area contributed by atoms with Gasteiger partial charge in [-0.15, -0.1) is 0 Å². The van der Waals surface area contributed by atoms with E-state index in [4.69, 9.17) is 5.73 Å². The van der Waals surface area contributed by atoms with Crippen LogP contribution < -0.4 is 16.4 Å². The number of amides is 2. The number of nitrogens with two attached hydrogens (primary N) is 1. The quantitative estimate of drug-likeness (QED) is 0.633. The molecule has 0 unspecified atom stereocenters. The first-order chi connectivity index (χ1) is 8.63. The molecule has 18 heavy (non-hydrogen) atoms. The third-order valence-electron chi connectivity index (χ3n) is 2.51. The Bertz CT molecular complexity index is 418. The maximum atomic E-state index is 11.6. The van der Waals surface area contributed by atoms with Crippen molar-refractivity contribution in [3.8, 4) is 0 Å². The highest BCUT2D eigenvalue weighted by atomic mass is 16.2. The van der Waals surface area contributed by atoms with Crippen LogP contribution in [-0.4, -0.2) is 25.4 Å². The lowest BCUT2D eigenvalue weighted by Crippen LogP contribution is -2.14. The van der Waals surface area contributed by atoms with Gasteiger partial charge in [-0.1, -0.05) is 6.07 Å². The number of hydrogen-bond donors (Lipinski definition) is 3. The van der Waals surface area contributed by atoms with Crippen LogP contribution in [0, 0.1) is 0 Å². The van der Waals surface area contributed by atoms with Crippen LogP contribution >= 0.6 is 0 Å². The van der Waals surface area contributed by atoms with Crippen LogP contribution in [0.1, 0.15) is 29.6 Å². The summed E-state index contributed by atoms with van der Waals surface area (Å²) in [6, 6.07) is 6.62. The van der Waals surface area contributed by atoms with Crippen molar-refractivity contribution in [3.05, 3.63) is 29.8 Å². The normalized spacial score (nSPS) is 10.1. The van der Waals surface area contributed by atoms with Gasteiger partial charge < -0.3 is 16.4 Å². The van der Waals surface area contributed by atoms with E-state index in [1.807, 2.05) is 7.05 Å². The smallest absolute Gasteiger partial charge is 0.248 e. The molecule has 0 atom stereocenters. The van der Waals surface area contributed by atoms with Gasteiger partial charge in [0, 0.05) is 17.7 Å². The molecule has 0 aliphatic heterocycles. The Kier molecular flexibility index (Phi) is 5.87. The molecule has 0 spiro atoms. The van der Waals surface area contributed by atoms with Crippen LogP contribution in [0.3, 0.4) is 0 Å². The molecule has 4 N–H and O–H groups in total. The Morgan fingerprint density at radius 1 is 1.28 bits per heavy atom. The first-order valence-electron chi connectivity index (χ1n) is 5.98. The molecule has 1 aromatic carbocycles. The van der Waals surface area contributed by atoms with E-state index in [1.165, 1.54) is 0 Å². The van der Waals surface area contributed by atoms with E-state index in [2.05, 4.69) is 10.6 Å². The van der Waals surface area contributed by atoms with Gasteiger partial charge in [-0.3, -0.25) is 9.59 Å². The Morgan fingerprint density at radius 3 is 2.72 bits per heavy atom. The average Bonchev–Trinajstić information content (AvgIpc) is 2.35. The van der Waals surface area contributed by atoms with Crippen molar-refractivity contribution in [2.24, 2.45) is 5.73 Å². The summed E-state index contributed by atoms with van der Waals surface area (Å²) >= 11 is 0. The molecule has 1 aromatic rings. The lowest BCUT2D eigenvalue weighted by Gasteiger charge is -2.06. The number of carbonyl (C=O) groups is 2. The van der Waals surface area contributed by atoms with Gasteiger partial charge in [-0.05, 0) is 44.6 Å². The molecular weight excluding hydrogens is 230 g/mol. The minimum atomic E-state index is -0.500. The summed E-state index contributed by atoms with van der Waals surface area (Å²) < 4.78 is 0. The SMILES string of the molecule is CNCCCCC(=O)Nc1cccc(C(N)=O)c1. The molecule has 0 aliphatic carbocycles. The minimum absolute atomic E-state index is 0.0484. The molecule has 0 bridgehead atoms. The number of hydrogen-bond acceptors (Lipinski definition) is 3. The summed E-state index contributed by atoms with van der Waals surface area (Å²) in [5.41, 5.74) is 6.16. The predicted octanol–water partition coefficient (Wildman–Crippen LogP) is 1.11. The lowest BCUT2D eigenvalue weighted by molar-refractivity contribution is -0.116. The van der Waals surface area contributed by atoms with Crippen molar-refractivity contribution < 1.29 is 9.59 Å². The van der Waals surface area contributed by atoms with E-state index in [-0.39, 0.29) is 5.91 Å². The second-order valence-corrected chi connectivity index (χ2v) is 4.05. The zero-order valence-corrected chi connectivity index (χ0v) is 10.5. The number of rotatable bonds is 7. The van der Waals surface area contributed by atoms with E-state index in [0.29, 0.717) is 17.7 Å². The summed E-state index contributed by atoms with van der Waals surface area (Å²) in [7, 11) is 1.88. The topological polar surface area (TPSA) is 84.2 Å². The first kappa shape index (κ1) is 14.2. The average molecular weight is 249 g/mol. The molecule has 0 heterocycles. The number of benzene rings is 1. The standard InChI is InChI=1S/C13H19N3O2/c1-15-8-3-2-7-12(17)16-11-6-4-5-10(9-11)13(14)18/h4-6,9,15H,2-3,7-8H2,1H3,(H2,14,18)(H,16,17). The minimum Gasteiger partial charge on any atom is -0.366 e. The molecule has 0 radical (unpaired) electrons. The highest BCUT2D eigenvalue weighted by Gasteiger charge is 2.04. The zero-order valence-electron chi connectivity index (χ0n) is 10.5. The summed E-state index contributed by atoms with van der Waals surface area (Å²) in [5.74, 6) is -0.548. The van der Waals surface area contributed by atoms with Gasteiger partial charge in [0.15, 0.2) is 0 Å². The second kappa shape index (κ2) is 7.45. The van der Waals surface area contributed by atoms with E-state index in [0.717, 1.165) is 19.4 Å². The van der Waals surface area contributed by atoms with Gasteiger partial charge in [-0.2, -0.15) is 0 Å². The van der Waals surface area contributed by atoms with E-state index in [1.54, 1.807) is 24.3 Å². The fourth-order valence-electron chi connectivity index (χ4n) is 1.56. The van der Waals surface area contributed by atoms with Crippen molar-refractivity contribution in [2.75, 3.05) is 18.9 Å². The number of carbonyl (C=O) groups excluding carboxylic acids is 2. The molecule has 0 aliphatic rings. The van der Waals surface area contributed by atoms with Gasteiger partial charge in [-0.25, -0.2) is 0 Å². The first-order valence-corrected chi connectivity index (χ1v) is 5.98. The molecular formula is C13H19N3O2. The van der Waals surface area contributed by atoms with E-state index >= 15 is 0 Å². The predicted molar refractivity (Wildman–Crippen MR) is 71.4 cm³/mol. The number of unbranched alkanes of at least 4 members (excludes halogenated alkanes) is 1. The van der Waals surface area contributed by atoms with Crippen molar-refractivity contribution in [1.82, 2.24) is 5.32 Å². The molecule has 2 amide bonds. The Balaban J connectivity index is 2.44. The van der Waals surface area contributed by atoms with Crippen LogP contribution in [-0.2, 0) is 4.79 Å². The Labute approximate surface area is 107 Å². The molecule has 1 rings (SSSR count). The second-order valence-electron chi connectivity index (χ2n) is 4.05. The van der Waals surface area contributed by atoms with Crippen molar-refractivity contribution >= 4 is 17.5 Å². The van der Waals surface area contributed by atoms with Crippen molar-refractivity contribution in [3.63, 3.8) is 0 Å². The maximum absolute atomic E-state index is 11.6. The molecule has 0 saturated heterocycles. The molecule has 5 heteroatoms. The maximum Gasteiger partial charge on any atom is 0.248 e. The van der Waals surface area contributed by atoms with Crippen LogP contribution in [0.2, 0.25) is 0 Å². The summed E-state index contributed by atoms with van der Waals surface area (Å²) in [6.07, 6.45) is 2.27. The highest BCUT2D eigenvalue weighted by molar-refractivity contribution is 5.96. The zero-order chi connectivity index (χ0) is 13.4. The number of nitrogens with one attached hydrogen (secondary N) is 2. The van der Waals surface area contributed by atoms with Gasteiger partial charge in [0.2, 0.25) is 11.8 Å². The molecule has 5 nitrogen and oxygen atoms in total. The molecule has 0 aromatic heterocycles. The Hall–Kier alpha value is -1.88. The van der Waals surface area contributed by atoms with Crippen molar-refractivity contribution in [2.45, 2.75) is 19.3 Å². The lowest BCUT2D eigenvalue weighted by atomic mass is 10.2. The number of anilines is 1. The van der Waals surface area contributed by atoms with E-state index < -0.39 is 5.91 Å². The summed E-state index contributed by atoms with van der Waals surface area (Å²) in [4.78, 5) is 22.6. The fraction of sp³-hybridized carbons (Fsp3) is 0.385. The van der Waals surface area contributed by atoms with Gasteiger partial charge in [0.25, 0.3) is 0 Å². The van der Waals surface area contributed by atoms with Crippen LogP contribution in [0.5, 0.6) is 0 Å². The molecule has 0 saturated carbocycles. The van der Waals surface area contributed by atoms with Gasteiger partial charge in [0.05, 0.1) is 0 Å². The number of primary amides is 1. The van der Waals surface area contributed by atoms with Gasteiger partial charge in [0.1, 0.15) is 0 Å². The monoisotopic (exact) mass is 249 g/mol. The largest absolute Gasteiger partial charge is 0.366 e. The highest BCUT2D eigenvalue weighted by Crippen LogP contribution is 2.11. The summed E-state index contributed by atoms with van der Waals surface area (Å²) in [5, 5.41) is 5.77. The van der Waals surface area contributed by atoms with Crippen LogP contribution in [0.25, 0.3) is 0 Å². The third-order valence-corrected chi connectivity index (χ3v) is 2.51. The van der Waals surface area contributed by atoms with Crippen LogP contribution in [0.15, 0.2) is 24.3 Å². The Morgan fingerprint density at radius 2 is 2.06 bits per heavy atom. The molecule has 0 fully saturated rings. The van der Waals surface area contributed by atoms with Crippen molar-refractivity contribution in [1.29, 1.82) is 0 Å². The summed E-state index contributed by atoms with van der Waals surface area (Å²) in [6.45, 7) is 0.907. The fourth-order valence-corrected chi connectivity index (χ4v) is 1.56. The van der Waals surface area contributed by atoms with Crippen LogP contribution in [0.4, 0.5) is 5.69 Å².